The topological polar surface area (TPSA) is 84.9 Å². The van der Waals surface area contributed by atoms with Crippen LogP contribution in [0.5, 0.6) is 5.75 Å². The van der Waals surface area contributed by atoms with Crippen molar-refractivity contribution in [3.8, 4) is 5.75 Å². The molecule has 0 aromatic heterocycles. The van der Waals surface area contributed by atoms with E-state index in [1.165, 1.54) is 11.8 Å². The van der Waals surface area contributed by atoms with Crippen LogP contribution in [0.1, 0.15) is 24.2 Å². The minimum absolute atomic E-state index is 0.122. The van der Waals surface area contributed by atoms with E-state index in [2.05, 4.69) is 5.32 Å². The summed E-state index contributed by atoms with van der Waals surface area (Å²) in [5, 5.41) is 2.70. The molecule has 0 radical (unpaired) electrons. The molecule has 1 N–H and O–H groups in total. The molecule has 0 saturated heterocycles. The van der Waals surface area contributed by atoms with Crippen LogP contribution in [0.15, 0.2) is 18.2 Å². The second kappa shape index (κ2) is 7.23. The van der Waals surface area contributed by atoms with E-state index in [1.54, 1.807) is 32.2 Å². The zero-order valence-corrected chi connectivity index (χ0v) is 13.4. The summed E-state index contributed by atoms with van der Waals surface area (Å²) in [6, 6.07) is 4.14. The number of rotatable bonds is 6. The average molecular weight is 320 g/mol. The number of fused-ring (bicyclic) bond motifs is 1. The van der Waals surface area contributed by atoms with E-state index in [9.17, 15) is 14.4 Å². The van der Waals surface area contributed by atoms with Gasteiger partial charge in [0.05, 0.1) is 12.3 Å². The van der Waals surface area contributed by atoms with Crippen LogP contribution in [0.2, 0.25) is 0 Å². The van der Waals surface area contributed by atoms with Crippen molar-refractivity contribution in [3.63, 3.8) is 0 Å². The van der Waals surface area contributed by atoms with Gasteiger partial charge in [0, 0.05) is 19.2 Å². The number of anilines is 1. The fraction of sp³-hybridized carbons (Fsp3) is 0.438. The van der Waals surface area contributed by atoms with E-state index < -0.39 is 6.04 Å². The van der Waals surface area contributed by atoms with Crippen LogP contribution in [0, 0.1) is 0 Å². The van der Waals surface area contributed by atoms with E-state index in [0.29, 0.717) is 30.2 Å². The highest BCUT2D eigenvalue weighted by molar-refractivity contribution is 6.05. The Kier molecular flexibility index (Phi) is 5.33. The zero-order chi connectivity index (χ0) is 17.0. The molecule has 1 unspecified atom stereocenters. The number of carbonyl (C=O) groups excluding carboxylic acids is 3. The van der Waals surface area contributed by atoms with Gasteiger partial charge in [-0.15, -0.1) is 0 Å². The molecular weight excluding hydrogens is 300 g/mol. The van der Waals surface area contributed by atoms with Gasteiger partial charge in [-0.2, -0.15) is 0 Å². The molecule has 2 rings (SSSR count). The molecular formula is C16H20N2O5. The maximum atomic E-state index is 12.2. The van der Waals surface area contributed by atoms with Gasteiger partial charge >= 0.3 is 0 Å². The number of methoxy groups -OCH3 is 1. The number of ketones is 1. The third-order valence-electron chi connectivity index (χ3n) is 3.62. The van der Waals surface area contributed by atoms with Crippen molar-refractivity contribution < 1.29 is 23.9 Å². The summed E-state index contributed by atoms with van der Waals surface area (Å²) in [4.78, 5) is 37.4. The normalized spacial score (nSPS) is 14.7. The molecule has 0 bridgehead atoms. The minimum atomic E-state index is -0.718. The van der Waals surface area contributed by atoms with E-state index in [0.717, 1.165) is 0 Å². The highest BCUT2D eigenvalue weighted by Crippen LogP contribution is 2.34. The first kappa shape index (κ1) is 17.0. The molecule has 7 heteroatoms. The van der Waals surface area contributed by atoms with Crippen molar-refractivity contribution in [2.75, 3.05) is 31.8 Å². The molecule has 124 valence electrons. The van der Waals surface area contributed by atoms with Gasteiger partial charge in [0.25, 0.3) is 5.91 Å². The Morgan fingerprint density at radius 3 is 2.83 bits per heavy atom. The van der Waals surface area contributed by atoms with Crippen molar-refractivity contribution in [2.24, 2.45) is 0 Å². The summed E-state index contributed by atoms with van der Waals surface area (Å²) < 4.78 is 10.3. The Morgan fingerprint density at radius 2 is 2.17 bits per heavy atom. The summed E-state index contributed by atoms with van der Waals surface area (Å²) in [6.07, 6.45) is 0. The molecule has 1 aromatic carbocycles. The molecule has 2 amide bonds. The van der Waals surface area contributed by atoms with Crippen LogP contribution in [-0.2, 0) is 14.3 Å². The predicted molar refractivity (Wildman–Crippen MR) is 83.8 cm³/mol. The first-order chi connectivity index (χ1) is 11.0. The van der Waals surface area contributed by atoms with Crippen LogP contribution in [0.4, 0.5) is 5.69 Å². The number of hydrogen-bond acceptors (Lipinski definition) is 5. The number of benzene rings is 1. The Balaban J connectivity index is 2.28. The Morgan fingerprint density at radius 1 is 1.43 bits per heavy atom. The van der Waals surface area contributed by atoms with Gasteiger partial charge in [0.1, 0.15) is 11.8 Å². The average Bonchev–Trinajstić information content (AvgIpc) is 2.53. The van der Waals surface area contributed by atoms with Crippen LogP contribution in [0.25, 0.3) is 0 Å². The van der Waals surface area contributed by atoms with Gasteiger partial charge in [-0.05, 0) is 32.0 Å². The predicted octanol–water partition coefficient (Wildman–Crippen LogP) is 0.766. The summed E-state index contributed by atoms with van der Waals surface area (Å²) in [6.45, 7) is 3.69. The molecule has 1 aliphatic heterocycles. The fourth-order valence-corrected chi connectivity index (χ4v) is 2.36. The van der Waals surface area contributed by atoms with Crippen molar-refractivity contribution in [2.45, 2.75) is 19.9 Å². The second-order valence-electron chi connectivity index (χ2n) is 5.25. The number of Topliss-reactive ketones (excluding diaryl/α,β-unsaturated/α-hetero) is 1. The van der Waals surface area contributed by atoms with E-state index in [-0.39, 0.29) is 24.2 Å². The minimum Gasteiger partial charge on any atom is -0.482 e. The standard InChI is InChI=1S/C16H20N2O5/c1-10(16(21)17-6-7-22-3)18-13-8-12(11(2)19)4-5-14(13)23-9-15(18)20/h4-5,8,10H,6-7,9H2,1-3H3,(H,17,21). The molecule has 1 heterocycles. The van der Waals surface area contributed by atoms with Gasteiger partial charge in [-0.25, -0.2) is 0 Å². The summed E-state index contributed by atoms with van der Waals surface area (Å²) in [7, 11) is 1.54. The van der Waals surface area contributed by atoms with Crippen LogP contribution in [-0.4, -0.2) is 50.5 Å². The van der Waals surface area contributed by atoms with Crippen molar-refractivity contribution in [3.05, 3.63) is 23.8 Å². The van der Waals surface area contributed by atoms with Gasteiger partial charge < -0.3 is 14.8 Å². The molecule has 1 atom stereocenters. The molecule has 0 spiro atoms. The van der Waals surface area contributed by atoms with E-state index in [1.807, 2.05) is 0 Å². The number of nitrogens with one attached hydrogen (secondary N) is 1. The SMILES string of the molecule is COCCNC(=O)C(C)N1C(=O)COc2ccc(C(C)=O)cc21. The molecule has 0 aliphatic carbocycles. The lowest BCUT2D eigenvalue weighted by molar-refractivity contribution is -0.127. The molecule has 1 aliphatic rings. The summed E-state index contributed by atoms with van der Waals surface area (Å²) in [5.41, 5.74) is 0.891. The number of carbonyl (C=O) groups is 3. The van der Waals surface area contributed by atoms with Crippen molar-refractivity contribution in [1.29, 1.82) is 0 Å². The fourth-order valence-electron chi connectivity index (χ4n) is 2.36. The number of hydrogen-bond donors (Lipinski definition) is 1. The van der Waals surface area contributed by atoms with Crippen LogP contribution in [0.3, 0.4) is 0 Å². The first-order valence-corrected chi connectivity index (χ1v) is 7.32. The summed E-state index contributed by atoms with van der Waals surface area (Å²) >= 11 is 0. The molecule has 7 nitrogen and oxygen atoms in total. The summed E-state index contributed by atoms with van der Waals surface area (Å²) in [5.74, 6) is -0.266. The molecule has 0 saturated carbocycles. The number of amides is 2. The smallest absolute Gasteiger partial charge is 0.265 e. The Hall–Kier alpha value is -2.41. The highest BCUT2D eigenvalue weighted by Gasteiger charge is 2.33. The largest absolute Gasteiger partial charge is 0.482 e. The second-order valence-corrected chi connectivity index (χ2v) is 5.25. The lowest BCUT2D eigenvalue weighted by Crippen LogP contribution is -2.51. The van der Waals surface area contributed by atoms with E-state index in [4.69, 9.17) is 9.47 Å². The Bertz CT molecular complexity index is 629. The zero-order valence-electron chi connectivity index (χ0n) is 13.4. The molecule has 0 fully saturated rings. The monoisotopic (exact) mass is 320 g/mol. The molecule has 1 aromatic rings. The van der Waals surface area contributed by atoms with Gasteiger partial charge in [-0.3, -0.25) is 19.3 Å². The lowest BCUT2D eigenvalue weighted by Gasteiger charge is -2.33. The maximum absolute atomic E-state index is 12.2. The van der Waals surface area contributed by atoms with Crippen molar-refractivity contribution >= 4 is 23.3 Å². The van der Waals surface area contributed by atoms with Gasteiger partial charge in [0.15, 0.2) is 12.4 Å². The number of nitrogens with zero attached hydrogens (tertiary/aromatic N) is 1. The maximum Gasteiger partial charge on any atom is 0.265 e. The van der Waals surface area contributed by atoms with Crippen LogP contribution >= 0.6 is 0 Å². The third kappa shape index (κ3) is 3.68. The quantitative estimate of drug-likeness (QED) is 0.618. The highest BCUT2D eigenvalue weighted by atomic mass is 16.5. The number of ether oxygens (including phenoxy) is 2. The van der Waals surface area contributed by atoms with Crippen LogP contribution < -0.4 is 15.0 Å². The lowest BCUT2D eigenvalue weighted by atomic mass is 10.1. The van der Waals surface area contributed by atoms with Crippen molar-refractivity contribution in [1.82, 2.24) is 5.32 Å². The van der Waals surface area contributed by atoms with E-state index >= 15 is 0 Å². The van der Waals surface area contributed by atoms with Gasteiger partial charge in [-0.1, -0.05) is 0 Å². The first-order valence-electron chi connectivity index (χ1n) is 7.32. The Labute approximate surface area is 134 Å². The third-order valence-corrected chi connectivity index (χ3v) is 3.62. The van der Waals surface area contributed by atoms with Gasteiger partial charge in [0.2, 0.25) is 5.91 Å². The molecule has 23 heavy (non-hydrogen) atoms.